The fourth-order valence-electron chi connectivity index (χ4n) is 2.12. The van der Waals surface area contributed by atoms with E-state index >= 15 is 0 Å². The second-order valence-corrected chi connectivity index (χ2v) is 4.87. The van der Waals surface area contributed by atoms with E-state index in [1.807, 2.05) is 0 Å². The first kappa shape index (κ1) is 11.5. The predicted molar refractivity (Wildman–Crippen MR) is 68.2 cm³/mol. The van der Waals surface area contributed by atoms with Crippen LogP contribution in [0.4, 0.5) is 5.69 Å². The molecule has 1 atom stereocenters. The van der Waals surface area contributed by atoms with Crippen LogP contribution in [0.1, 0.15) is 32.3 Å². The Bertz CT molecular complexity index is 331. The second kappa shape index (κ2) is 4.88. The summed E-state index contributed by atoms with van der Waals surface area (Å²) in [5.41, 5.74) is 2.73. The lowest BCUT2D eigenvalue weighted by Crippen LogP contribution is -2.41. The highest BCUT2D eigenvalue weighted by Crippen LogP contribution is 2.21. The van der Waals surface area contributed by atoms with Crippen molar-refractivity contribution in [2.75, 3.05) is 24.6 Å². The zero-order chi connectivity index (χ0) is 11.5. The molecule has 1 aromatic carbocycles. The van der Waals surface area contributed by atoms with Crippen LogP contribution in [0.15, 0.2) is 24.3 Å². The molecule has 1 aliphatic heterocycles. The van der Waals surface area contributed by atoms with Crippen LogP contribution in [0.3, 0.4) is 0 Å². The van der Waals surface area contributed by atoms with Gasteiger partial charge in [-0.2, -0.15) is 0 Å². The molecular formula is C14H21NO. The summed E-state index contributed by atoms with van der Waals surface area (Å²) in [7, 11) is 0. The average molecular weight is 219 g/mol. The molecule has 1 saturated heterocycles. The van der Waals surface area contributed by atoms with Crippen LogP contribution in [0.2, 0.25) is 0 Å². The molecule has 0 unspecified atom stereocenters. The van der Waals surface area contributed by atoms with Crippen molar-refractivity contribution in [3.63, 3.8) is 0 Å². The fraction of sp³-hybridized carbons (Fsp3) is 0.571. The Balaban J connectivity index is 2.09. The molecule has 0 bridgehead atoms. The van der Waals surface area contributed by atoms with Gasteiger partial charge in [0.1, 0.15) is 0 Å². The van der Waals surface area contributed by atoms with Gasteiger partial charge in [0.2, 0.25) is 0 Å². The molecule has 2 rings (SSSR count). The molecule has 0 aliphatic carbocycles. The Morgan fingerprint density at radius 2 is 1.94 bits per heavy atom. The van der Waals surface area contributed by atoms with E-state index in [1.165, 1.54) is 11.3 Å². The van der Waals surface area contributed by atoms with Crippen LogP contribution in [0.25, 0.3) is 0 Å². The molecule has 1 aliphatic rings. The number of ether oxygens (including phenoxy) is 1. The summed E-state index contributed by atoms with van der Waals surface area (Å²) in [6.45, 7) is 9.44. The summed E-state index contributed by atoms with van der Waals surface area (Å²) in [4.78, 5) is 2.40. The van der Waals surface area contributed by atoms with E-state index in [4.69, 9.17) is 4.74 Å². The van der Waals surface area contributed by atoms with E-state index in [0.717, 1.165) is 19.7 Å². The molecule has 2 nitrogen and oxygen atoms in total. The summed E-state index contributed by atoms with van der Waals surface area (Å²) in [6.07, 6.45) is 0.346. The van der Waals surface area contributed by atoms with Gasteiger partial charge in [-0.15, -0.1) is 0 Å². The molecule has 1 heterocycles. The van der Waals surface area contributed by atoms with Gasteiger partial charge in [-0.05, 0) is 30.5 Å². The van der Waals surface area contributed by atoms with Crippen LogP contribution in [0, 0.1) is 0 Å². The summed E-state index contributed by atoms with van der Waals surface area (Å²) in [6, 6.07) is 8.93. The molecular weight excluding hydrogens is 198 g/mol. The van der Waals surface area contributed by atoms with Gasteiger partial charge in [-0.25, -0.2) is 0 Å². The molecule has 0 spiro atoms. The van der Waals surface area contributed by atoms with Gasteiger partial charge in [-0.1, -0.05) is 26.0 Å². The number of hydrogen-bond donors (Lipinski definition) is 0. The molecule has 88 valence electrons. The largest absolute Gasteiger partial charge is 0.375 e. The Kier molecular flexibility index (Phi) is 3.49. The Hall–Kier alpha value is -1.02. The maximum Gasteiger partial charge on any atom is 0.0722 e. The molecule has 2 heteroatoms. The number of nitrogens with zero attached hydrogens (tertiary/aromatic N) is 1. The Morgan fingerprint density at radius 1 is 1.25 bits per heavy atom. The van der Waals surface area contributed by atoms with Gasteiger partial charge < -0.3 is 9.64 Å². The average Bonchev–Trinajstić information content (AvgIpc) is 2.29. The minimum absolute atomic E-state index is 0.346. The third kappa shape index (κ3) is 2.56. The number of benzene rings is 1. The lowest BCUT2D eigenvalue weighted by molar-refractivity contribution is 0.0532. The quantitative estimate of drug-likeness (QED) is 0.758. The van der Waals surface area contributed by atoms with E-state index in [1.54, 1.807) is 0 Å². The lowest BCUT2D eigenvalue weighted by Gasteiger charge is -2.33. The SMILES string of the molecule is CC(C)c1ccc(N2CCO[C@H](C)C2)cc1. The van der Waals surface area contributed by atoms with Crippen molar-refractivity contribution in [3.05, 3.63) is 29.8 Å². The number of anilines is 1. The van der Waals surface area contributed by atoms with E-state index in [2.05, 4.69) is 49.9 Å². The van der Waals surface area contributed by atoms with E-state index in [-0.39, 0.29) is 0 Å². The van der Waals surface area contributed by atoms with Gasteiger partial charge >= 0.3 is 0 Å². The fourth-order valence-corrected chi connectivity index (χ4v) is 2.12. The highest BCUT2D eigenvalue weighted by Gasteiger charge is 2.16. The Labute approximate surface area is 98.2 Å². The molecule has 16 heavy (non-hydrogen) atoms. The standard InChI is InChI=1S/C14H21NO/c1-11(2)13-4-6-14(7-5-13)15-8-9-16-12(3)10-15/h4-7,11-12H,8-10H2,1-3H3/t12-/m1/s1. The highest BCUT2D eigenvalue weighted by molar-refractivity contribution is 5.48. The minimum atomic E-state index is 0.346. The van der Waals surface area contributed by atoms with E-state index in [9.17, 15) is 0 Å². The number of morpholine rings is 1. The molecule has 0 aromatic heterocycles. The second-order valence-electron chi connectivity index (χ2n) is 4.87. The molecule has 0 N–H and O–H groups in total. The third-order valence-corrected chi connectivity index (χ3v) is 3.17. The molecule has 1 aromatic rings. The monoisotopic (exact) mass is 219 g/mol. The van der Waals surface area contributed by atoms with Gasteiger partial charge in [-0.3, -0.25) is 0 Å². The van der Waals surface area contributed by atoms with Gasteiger partial charge in [0.25, 0.3) is 0 Å². The minimum Gasteiger partial charge on any atom is -0.375 e. The van der Waals surface area contributed by atoms with Crippen molar-refractivity contribution in [1.29, 1.82) is 0 Å². The lowest BCUT2D eigenvalue weighted by atomic mass is 10.0. The summed E-state index contributed by atoms with van der Waals surface area (Å²) < 4.78 is 5.55. The van der Waals surface area contributed by atoms with Crippen molar-refractivity contribution >= 4 is 5.69 Å². The van der Waals surface area contributed by atoms with Crippen molar-refractivity contribution in [2.45, 2.75) is 32.8 Å². The van der Waals surface area contributed by atoms with Crippen LogP contribution in [-0.4, -0.2) is 25.8 Å². The first-order chi connectivity index (χ1) is 7.66. The highest BCUT2D eigenvalue weighted by atomic mass is 16.5. The first-order valence-electron chi connectivity index (χ1n) is 6.13. The molecule has 0 saturated carbocycles. The number of rotatable bonds is 2. The smallest absolute Gasteiger partial charge is 0.0722 e. The van der Waals surface area contributed by atoms with Crippen LogP contribution in [-0.2, 0) is 4.74 Å². The van der Waals surface area contributed by atoms with Crippen molar-refractivity contribution < 1.29 is 4.74 Å². The third-order valence-electron chi connectivity index (χ3n) is 3.17. The number of hydrogen-bond acceptors (Lipinski definition) is 2. The molecule has 1 fully saturated rings. The van der Waals surface area contributed by atoms with Crippen molar-refractivity contribution in [1.82, 2.24) is 0 Å². The summed E-state index contributed by atoms with van der Waals surface area (Å²) in [5, 5.41) is 0. The summed E-state index contributed by atoms with van der Waals surface area (Å²) >= 11 is 0. The zero-order valence-corrected chi connectivity index (χ0v) is 10.4. The van der Waals surface area contributed by atoms with Gasteiger partial charge in [0, 0.05) is 18.8 Å². The van der Waals surface area contributed by atoms with Crippen LogP contribution in [0.5, 0.6) is 0 Å². The molecule has 0 amide bonds. The van der Waals surface area contributed by atoms with Crippen LogP contribution >= 0.6 is 0 Å². The maximum atomic E-state index is 5.55. The van der Waals surface area contributed by atoms with Gasteiger partial charge in [0.05, 0.1) is 12.7 Å². The topological polar surface area (TPSA) is 12.5 Å². The Morgan fingerprint density at radius 3 is 2.50 bits per heavy atom. The van der Waals surface area contributed by atoms with Crippen molar-refractivity contribution in [2.24, 2.45) is 0 Å². The zero-order valence-electron chi connectivity index (χ0n) is 10.4. The maximum absolute atomic E-state index is 5.55. The van der Waals surface area contributed by atoms with E-state index < -0.39 is 0 Å². The normalized spacial score (nSPS) is 21.5. The summed E-state index contributed by atoms with van der Waals surface area (Å²) in [5.74, 6) is 0.609. The molecule has 0 radical (unpaired) electrons. The predicted octanol–water partition coefficient (Wildman–Crippen LogP) is 3.04. The van der Waals surface area contributed by atoms with Gasteiger partial charge in [0.15, 0.2) is 0 Å². The first-order valence-corrected chi connectivity index (χ1v) is 6.13. The van der Waals surface area contributed by atoms with Crippen LogP contribution < -0.4 is 4.90 Å². The van der Waals surface area contributed by atoms with E-state index in [0.29, 0.717) is 12.0 Å². The van der Waals surface area contributed by atoms with Crippen molar-refractivity contribution in [3.8, 4) is 0 Å².